The maximum absolute atomic E-state index is 6.24. The smallest absolute Gasteiger partial charge is 0.133 e. The van der Waals surface area contributed by atoms with Gasteiger partial charge < -0.3 is 5.32 Å². The van der Waals surface area contributed by atoms with Gasteiger partial charge in [0.25, 0.3) is 0 Å². The lowest BCUT2D eigenvalue weighted by Crippen LogP contribution is -2.45. The van der Waals surface area contributed by atoms with Gasteiger partial charge in [-0.05, 0) is 19.4 Å². The van der Waals surface area contributed by atoms with Crippen molar-refractivity contribution < 1.29 is 0 Å². The SMILES string of the molecule is C=C(C)C[C@H](c1cccnc1Cl)N1CCNCC1.Cl.Cl. The summed E-state index contributed by atoms with van der Waals surface area (Å²) in [5.74, 6) is 0. The van der Waals surface area contributed by atoms with Crippen LogP contribution in [-0.2, 0) is 0 Å². The summed E-state index contributed by atoms with van der Waals surface area (Å²) in [5, 5.41) is 3.99. The quantitative estimate of drug-likeness (QED) is 0.673. The van der Waals surface area contributed by atoms with E-state index >= 15 is 0 Å². The van der Waals surface area contributed by atoms with E-state index < -0.39 is 0 Å². The second kappa shape index (κ2) is 9.59. The summed E-state index contributed by atoms with van der Waals surface area (Å²) in [6, 6.07) is 4.32. The molecule has 0 aromatic carbocycles. The highest BCUT2D eigenvalue weighted by Crippen LogP contribution is 2.31. The average molecular weight is 339 g/mol. The van der Waals surface area contributed by atoms with Crippen molar-refractivity contribution in [1.82, 2.24) is 15.2 Å². The number of nitrogens with one attached hydrogen (secondary N) is 1. The number of nitrogens with zero attached hydrogens (tertiary/aromatic N) is 2. The molecule has 1 aromatic heterocycles. The van der Waals surface area contributed by atoms with Crippen LogP contribution < -0.4 is 5.32 Å². The zero-order chi connectivity index (χ0) is 13.0. The van der Waals surface area contributed by atoms with Gasteiger partial charge in [-0.2, -0.15) is 0 Å². The number of halogens is 3. The highest BCUT2D eigenvalue weighted by atomic mass is 35.5. The fraction of sp³-hybridized carbons (Fsp3) is 0.500. The lowest BCUT2D eigenvalue weighted by Gasteiger charge is -2.35. The molecule has 20 heavy (non-hydrogen) atoms. The van der Waals surface area contributed by atoms with Gasteiger partial charge in [-0.1, -0.05) is 23.2 Å². The van der Waals surface area contributed by atoms with E-state index in [0.29, 0.717) is 11.2 Å². The largest absolute Gasteiger partial charge is 0.314 e. The molecule has 0 unspecified atom stereocenters. The Kier molecular flexibility index (Phi) is 9.43. The maximum Gasteiger partial charge on any atom is 0.133 e. The minimum absolute atomic E-state index is 0. The van der Waals surface area contributed by atoms with Crippen LogP contribution >= 0.6 is 36.4 Å². The van der Waals surface area contributed by atoms with Crippen molar-refractivity contribution in [3.8, 4) is 0 Å². The van der Waals surface area contributed by atoms with Crippen molar-refractivity contribution in [2.45, 2.75) is 19.4 Å². The molecule has 1 aromatic rings. The lowest BCUT2D eigenvalue weighted by atomic mass is 9.99. The van der Waals surface area contributed by atoms with Gasteiger partial charge in [-0.15, -0.1) is 31.4 Å². The predicted octanol–water partition coefficient (Wildman–Crippen LogP) is 3.49. The molecule has 0 bridgehead atoms. The first kappa shape index (κ1) is 19.7. The van der Waals surface area contributed by atoms with E-state index in [1.165, 1.54) is 5.57 Å². The van der Waals surface area contributed by atoms with Crippen LogP contribution in [-0.4, -0.2) is 36.1 Å². The van der Waals surface area contributed by atoms with Crippen LogP contribution in [0.3, 0.4) is 0 Å². The van der Waals surface area contributed by atoms with Crippen LogP contribution in [0, 0.1) is 0 Å². The summed E-state index contributed by atoms with van der Waals surface area (Å²) in [6.07, 6.45) is 2.67. The molecule has 0 aliphatic carbocycles. The van der Waals surface area contributed by atoms with Crippen molar-refractivity contribution in [3.05, 3.63) is 41.2 Å². The van der Waals surface area contributed by atoms with Crippen molar-refractivity contribution >= 4 is 36.4 Å². The Morgan fingerprint density at radius 3 is 2.65 bits per heavy atom. The minimum atomic E-state index is 0. The highest BCUT2D eigenvalue weighted by Gasteiger charge is 2.24. The van der Waals surface area contributed by atoms with E-state index in [1.54, 1.807) is 6.20 Å². The lowest BCUT2D eigenvalue weighted by molar-refractivity contribution is 0.172. The number of aromatic nitrogens is 1. The second-order valence-corrected chi connectivity index (χ2v) is 5.20. The van der Waals surface area contributed by atoms with E-state index in [0.717, 1.165) is 38.2 Å². The Balaban J connectivity index is 0.00000180. The van der Waals surface area contributed by atoms with Gasteiger partial charge >= 0.3 is 0 Å². The molecule has 0 radical (unpaired) electrons. The predicted molar refractivity (Wildman–Crippen MR) is 90.4 cm³/mol. The molecule has 2 heterocycles. The molecule has 1 atom stereocenters. The molecule has 0 saturated carbocycles. The molecule has 0 spiro atoms. The molecule has 1 N–H and O–H groups in total. The summed E-state index contributed by atoms with van der Waals surface area (Å²) in [7, 11) is 0. The van der Waals surface area contributed by atoms with Gasteiger partial charge in [-0.25, -0.2) is 4.98 Å². The summed E-state index contributed by atoms with van der Waals surface area (Å²) in [5.41, 5.74) is 2.29. The van der Waals surface area contributed by atoms with Crippen molar-refractivity contribution in [1.29, 1.82) is 0 Å². The standard InChI is InChI=1S/C14H20ClN3.2ClH/c1-11(2)10-13(18-8-6-16-7-9-18)12-4-3-5-17-14(12)15;;/h3-5,13,16H,1,6-10H2,2H3;2*1H/t13-;;/m1../s1. The van der Waals surface area contributed by atoms with E-state index in [2.05, 4.69) is 34.8 Å². The number of pyridine rings is 1. The number of piperazine rings is 1. The maximum atomic E-state index is 6.24. The fourth-order valence-electron chi connectivity index (χ4n) is 2.41. The van der Waals surface area contributed by atoms with Crippen LogP contribution in [0.2, 0.25) is 5.15 Å². The molecule has 1 fully saturated rings. The van der Waals surface area contributed by atoms with E-state index in [4.69, 9.17) is 11.6 Å². The fourth-order valence-corrected chi connectivity index (χ4v) is 2.65. The van der Waals surface area contributed by atoms with E-state index in [-0.39, 0.29) is 24.8 Å². The van der Waals surface area contributed by atoms with Gasteiger partial charge in [-0.3, -0.25) is 4.90 Å². The van der Waals surface area contributed by atoms with Crippen LogP contribution in [0.25, 0.3) is 0 Å². The monoisotopic (exact) mass is 337 g/mol. The van der Waals surface area contributed by atoms with E-state index in [1.807, 2.05) is 6.07 Å². The van der Waals surface area contributed by atoms with Gasteiger partial charge in [0.2, 0.25) is 0 Å². The zero-order valence-electron chi connectivity index (χ0n) is 11.6. The van der Waals surface area contributed by atoms with Crippen LogP contribution in [0.5, 0.6) is 0 Å². The van der Waals surface area contributed by atoms with Gasteiger partial charge in [0.15, 0.2) is 0 Å². The van der Waals surface area contributed by atoms with Crippen LogP contribution in [0.1, 0.15) is 24.9 Å². The highest BCUT2D eigenvalue weighted by molar-refractivity contribution is 6.30. The summed E-state index contributed by atoms with van der Waals surface area (Å²) in [4.78, 5) is 6.66. The Hall–Kier alpha value is -0.320. The average Bonchev–Trinajstić information content (AvgIpc) is 2.38. The molecule has 0 amide bonds. The normalized spacial score (nSPS) is 16.7. The van der Waals surface area contributed by atoms with Gasteiger partial charge in [0, 0.05) is 44.0 Å². The summed E-state index contributed by atoms with van der Waals surface area (Å²) >= 11 is 6.24. The van der Waals surface area contributed by atoms with Gasteiger partial charge in [0.05, 0.1) is 0 Å². The minimum Gasteiger partial charge on any atom is -0.314 e. The first-order valence-electron chi connectivity index (χ1n) is 6.38. The molecule has 3 nitrogen and oxygen atoms in total. The Labute approximate surface area is 138 Å². The Bertz CT molecular complexity index is 420. The third kappa shape index (κ3) is 5.23. The third-order valence-electron chi connectivity index (χ3n) is 3.28. The topological polar surface area (TPSA) is 28.2 Å². The molecule has 114 valence electrons. The van der Waals surface area contributed by atoms with Crippen LogP contribution in [0.4, 0.5) is 0 Å². The number of hydrogen-bond donors (Lipinski definition) is 1. The second-order valence-electron chi connectivity index (χ2n) is 4.85. The molecule has 1 aliphatic heterocycles. The number of hydrogen-bond acceptors (Lipinski definition) is 3. The van der Waals surface area contributed by atoms with Crippen molar-refractivity contribution in [3.63, 3.8) is 0 Å². The molecular formula is C14H22Cl3N3. The van der Waals surface area contributed by atoms with E-state index in [9.17, 15) is 0 Å². The Morgan fingerprint density at radius 1 is 1.45 bits per heavy atom. The molecule has 2 rings (SSSR count). The summed E-state index contributed by atoms with van der Waals surface area (Å²) < 4.78 is 0. The van der Waals surface area contributed by atoms with Gasteiger partial charge in [0.1, 0.15) is 5.15 Å². The summed E-state index contributed by atoms with van der Waals surface area (Å²) in [6.45, 7) is 10.3. The molecular weight excluding hydrogens is 317 g/mol. The molecule has 1 saturated heterocycles. The first-order valence-corrected chi connectivity index (χ1v) is 6.76. The first-order chi connectivity index (χ1) is 8.68. The Morgan fingerprint density at radius 2 is 2.10 bits per heavy atom. The van der Waals surface area contributed by atoms with Crippen molar-refractivity contribution in [2.75, 3.05) is 26.2 Å². The number of rotatable bonds is 4. The van der Waals surface area contributed by atoms with Crippen LogP contribution in [0.15, 0.2) is 30.5 Å². The molecule has 6 heteroatoms. The van der Waals surface area contributed by atoms with Crippen molar-refractivity contribution in [2.24, 2.45) is 0 Å². The third-order valence-corrected chi connectivity index (χ3v) is 3.60. The molecule has 1 aliphatic rings. The zero-order valence-corrected chi connectivity index (χ0v) is 14.0.